The molecule has 1 nitrogen and oxygen atoms in total. The van der Waals surface area contributed by atoms with Gasteiger partial charge in [-0.2, -0.15) is 11.8 Å². The molecule has 0 fully saturated rings. The molecule has 0 amide bonds. The van der Waals surface area contributed by atoms with E-state index >= 15 is 0 Å². The molecule has 0 saturated heterocycles. The van der Waals surface area contributed by atoms with E-state index < -0.39 is 0 Å². The summed E-state index contributed by atoms with van der Waals surface area (Å²) >= 11 is 1.60. The third-order valence-electron chi connectivity index (χ3n) is 2.52. The van der Waals surface area contributed by atoms with E-state index in [9.17, 15) is 4.79 Å². The molecule has 0 aromatic heterocycles. The smallest absolute Gasteiger partial charge is 0.148 e. The summed E-state index contributed by atoms with van der Waals surface area (Å²) in [5.41, 5.74) is 0.988. The third-order valence-corrected chi connectivity index (χ3v) is 3.07. The molecule has 0 N–H and O–H groups in total. The molecule has 0 heterocycles. The highest BCUT2D eigenvalue weighted by molar-refractivity contribution is 7.99. The number of Topliss-reactive ketones (excluding diaryl/α,β-unsaturated/α-hetero) is 1. The molecule has 2 heteroatoms. The molecule has 0 saturated carbocycles. The second-order valence-electron chi connectivity index (χ2n) is 4.40. The van der Waals surface area contributed by atoms with Gasteiger partial charge in [0.15, 0.2) is 0 Å². The van der Waals surface area contributed by atoms with Crippen molar-refractivity contribution in [2.45, 2.75) is 20.3 Å². The van der Waals surface area contributed by atoms with E-state index in [2.05, 4.69) is 12.1 Å². The maximum Gasteiger partial charge on any atom is 0.148 e. The first-order chi connectivity index (χ1) is 7.06. The number of carbonyl (C=O) groups is 1. The van der Waals surface area contributed by atoms with Crippen molar-refractivity contribution in [2.75, 3.05) is 12.0 Å². The summed E-state index contributed by atoms with van der Waals surface area (Å²) in [4.78, 5) is 11.8. The fourth-order valence-electron chi connectivity index (χ4n) is 1.53. The Hall–Kier alpha value is -0.760. The fourth-order valence-corrected chi connectivity index (χ4v) is 2.18. The second-order valence-corrected chi connectivity index (χ2v) is 5.27. The molecule has 0 spiro atoms. The molecule has 82 valence electrons. The lowest BCUT2D eigenvalue weighted by Crippen LogP contribution is -2.28. The van der Waals surface area contributed by atoms with Gasteiger partial charge in [-0.25, -0.2) is 0 Å². The number of rotatable bonds is 5. The van der Waals surface area contributed by atoms with E-state index in [1.165, 1.54) is 5.56 Å². The molecule has 0 bridgehead atoms. The summed E-state index contributed by atoms with van der Waals surface area (Å²) in [7, 11) is 0. The van der Waals surface area contributed by atoms with Gasteiger partial charge in [-0.1, -0.05) is 44.2 Å². The lowest BCUT2D eigenvalue weighted by atomic mass is 9.82. The van der Waals surface area contributed by atoms with Crippen LogP contribution in [-0.2, 0) is 11.2 Å². The highest BCUT2D eigenvalue weighted by atomic mass is 32.2. The van der Waals surface area contributed by atoms with Crippen molar-refractivity contribution in [1.82, 2.24) is 0 Å². The Morgan fingerprint density at radius 2 is 1.87 bits per heavy atom. The maximum absolute atomic E-state index is 11.8. The largest absolute Gasteiger partial charge is 0.298 e. The first-order valence-electron chi connectivity index (χ1n) is 5.12. The van der Waals surface area contributed by atoms with Crippen LogP contribution in [0.3, 0.4) is 0 Å². The Morgan fingerprint density at radius 3 is 2.40 bits per heavy atom. The second kappa shape index (κ2) is 5.36. The number of benzene rings is 1. The SMILES string of the molecule is CSCC(=O)C(C)(C)Cc1ccccc1. The van der Waals surface area contributed by atoms with Crippen LogP contribution in [0, 0.1) is 5.41 Å². The summed E-state index contributed by atoms with van der Waals surface area (Å²) in [6, 6.07) is 10.2. The predicted octanol–water partition coefficient (Wildman–Crippen LogP) is 3.19. The van der Waals surface area contributed by atoms with Gasteiger partial charge >= 0.3 is 0 Å². The van der Waals surface area contributed by atoms with E-state index in [-0.39, 0.29) is 5.41 Å². The molecular formula is C13H18OS. The monoisotopic (exact) mass is 222 g/mol. The van der Waals surface area contributed by atoms with Crippen LogP contribution in [0.1, 0.15) is 19.4 Å². The standard InChI is InChI=1S/C13H18OS/c1-13(2,12(14)10-15-3)9-11-7-5-4-6-8-11/h4-8H,9-10H2,1-3H3. The van der Waals surface area contributed by atoms with Crippen LogP contribution in [0.15, 0.2) is 30.3 Å². The first kappa shape index (κ1) is 12.3. The van der Waals surface area contributed by atoms with Gasteiger partial charge in [0.25, 0.3) is 0 Å². The molecule has 0 atom stereocenters. The number of ketones is 1. The van der Waals surface area contributed by atoms with Crippen molar-refractivity contribution < 1.29 is 4.79 Å². The average molecular weight is 222 g/mol. The summed E-state index contributed by atoms with van der Waals surface area (Å²) in [6.07, 6.45) is 2.80. The summed E-state index contributed by atoms with van der Waals surface area (Å²) in [5.74, 6) is 0.943. The van der Waals surface area contributed by atoms with Crippen LogP contribution in [0.2, 0.25) is 0 Å². The van der Waals surface area contributed by atoms with Gasteiger partial charge in [-0.3, -0.25) is 4.79 Å². The van der Waals surface area contributed by atoms with Crippen molar-refractivity contribution >= 4 is 17.5 Å². The van der Waals surface area contributed by atoms with E-state index in [0.29, 0.717) is 11.5 Å². The van der Waals surface area contributed by atoms with Crippen LogP contribution in [0.25, 0.3) is 0 Å². The van der Waals surface area contributed by atoms with Gasteiger partial charge in [0.1, 0.15) is 5.78 Å². The third kappa shape index (κ3) is 3.71. The molecule has 15 heavy (non-hydrogen) atoms. The highest BCUT2D eigenvalue weighted by Crippen LogP contribution is 2.24. The molecule has 0 unspecified atom stereocenters. The number of hydrogen-bond acceptors (Lipinski definition) is 2. The lowest BCUT2D eigenvalue weighted by Gasteiger charge is -2.22. The summed E-state index contributed by atoms with van der Waals surface area (Å²) in [5, 5.41) is 0. The fraction of sp³-hybridized carbons (Fsp3) is 0.462. The highest BCUT2D eigenvalue weighted by Gasteiger charge is 2.26. The van der Waals surface area contributed by atoms with Crippen LogP contribution < -0.4 is 0 Å². The Bertz CT molecular complexity index is 317. The maximum atomic E-state index is 11.8. The summed E-state index contributed by atoms with van der Waals surface area (Å²) < 4.78 is 0. The number of thioether (sulfide) groups is 1. The van der Waals surface area contributed by atoms with Crippen molar-refractivity contribution in [1.29, 1.82) is 0 Å². The quantitative estimate of drug-likeness (QED) is 0.761. The molecule has 1 rings (SSSR count). The van der Waals surface area contributed by atoms with Gasteiger partial charge in [-0.05, 0) is 18.2 Å². The zero-order valence-electron chi connectivity index (χ0n) is 9.62. The normalized spacial score (nSPS) is 11.4. The van der Waals surface area contributed by atoms with Crippen molar-refractivity contribution in [2.24, 2.45) is 5.41 Å². The van der Waals surface area contributed by atoms with Crippen LogP contribution in [0.4, 0.5) is 0 Å². The average Bonchev–Trinajstić information content (AvgIpc) is 2.19. The van der Waals surface area contributed by atoms with Gasteiger partial charge < -0.3 is 0 Å². The minimum Gasteiger partial charge on any atom is -0.298 e. The Morgan fingerprint density at radius 1 is 1.27 bits per heavy atom. The topological polar surface area (TPSA) is 17.1 Å². The van der Waals surface area contributed by atoms with Gasteiger partial charge in [0, 0.05) is 5.41 Å². The lowest BCUT2D eigenvalue weighted by molar-refractivity contribution is -0.124. The van der Waals surface area contributed by atoms with Crippen LogP contribution >= 0.6 is 11.8 Å². The zero-order valence-corrected chi connectivity index (χ0v) is 10.4. The van der Waals surface area contributed by atoms with E-state index in [4.69, 9.17) is 0 Å². The van der Waals surface area contributed by atoms with Crippen molar-refractivity contribution in [3.05, 3.63) is 35.9 Å². The molecule has 0 aliphatic rings. The number of hydrogen-bond donors (Lipinski definition) is 0. The van der Waals surface area contributed by atoms with Crippen molar-refractivity contribution in [3.8, 4) is 0 Å². The first-order valence-corrected chi connectivity index (χ1v) is 6.52. The van der Waals surface area contributed by atoms with Gasteiger partial charge in [-0.15, -0.1) is 0 Å². The van der Waals surface area contributed by atoms with E-state index in [1.54, 1.807) is 11.8 Å². The molecule has 1 aromatic rings. The zero-order chi connectivity index (χ0) is 11.3. The minimum absolute atomic E-state index is 0.246. The molecule has 0 radical (unpaired) electrons. The van der Waals surface area contributed by atoms with Crippen LogP contribution in [0.5, 0.6) is 0 Å². The van der Waals surface area contributed by atoms with E-state index in [0.717, 1.165) is 6.42 Å². The van der Waals surface area contributed by atoms with Crippen LogP contribution in [-0.4, -0.2) is 17.8 Å². The van der Waals surface area contributed by atoms with Gasteiger partial charge in [0.05, 0.1) is 5.75 Å². The molecular weight excluding hydrogens is 204 g/mol. The Kier molecular flexibility index (Phi) is 4.40. The molecule has 1 aromatic carbocycles. The molecule has 0 aliphatic heterocycles. The van der Waals surface area contributed by atoms with Gasteiger partial charge in [0.2, 0.25) is 0 Å². The number of carbonyl (C=O) groups excluding carboxylic acids is 1. The van der Waals surface area contributed by atoms with Crippen molar-refractivity contribution in [3.63, 3.8) is 0 Å². The van der Waals surface area contributed by atoms with E-state index in [1.807, 2.05) is 38.3 Å². The Labute approximate surface area is 96.3 Å². The molecule has 0 aliphatic carbocycles. The minimum atomic E-state index is -0.246. The summed E-state index contributed by atoms with van der Waals surface area (Å²) in [6.45, 7) is 4.05. The Balaban J connectivity index is 2.68. The predicted molar refractivity (Wildman–Crippen MR) is 67.3 cm³/mol.